The summed E-state index contributed by atoms with van der Waals surface area (Å²) in [5.41, 5.74) is 0.331. The van der Waals surface area contributed by atoms with E-state index < -0.39 is 5.79 Å². The molecule has 2 saturated heterocycles. The lowest BCUT2D eigenvalue weighted by Gasteiger charge is -2.37. The Hall–Kier alpha value is -1.11. The SMILES string of the molecule is O=C(c1ccc(Br)cc1O)N1CCC2(CC1)OCCO2. The van der Waals surface area contributed by atoms with Gasteiger partial charge in [-0.1, -0.05) is 15.9 Å². The smallest absolute Gasteiger partial charge is 0.257 e. The summed E-state index contributed by atoms with van der Waals surface area (Å²) in [6.45, 7) is 2.41. The molecule has 2 heterocycles. The predicted octanol–water partition coefficient (Wildman–Crippen LogP) is 2.13. The number of halogens is 1. The van der Waals surface area contributed by atoms with Crippen LogP contribution in [0.1, 0.15) is 23.2 Å². The molecule has 0 aromatic heterocycles. The lowest BCUT2D eigenvalue weighted by Crippen LogP contribution is -2.47. The zero-order valence-corrected chi connectivity index (χ0v) is 12.6. The third-order valence-corrected chi connectivity index (χ3v) is 4.31. The average molecular weight is 342 g/mol. The molecule has 2 aliphatic rings. The maximum absolute atomic E-state index is 12.4. The average Bonchev–Trinajstić information content (AvgIpc) is 2.87. The van der Waals surface area contributed by atoms with Crippen LogP contribution in [-0.4, -0.2) is 48.0 Å². The fourth-order valence-electron chi connectivity index (χ4n) is 2.69. The number of piperidine rings is 1. The number of aromatic hydroxyl groups is 1. The zero-order valence-electron chi connectivity index (χ0n) is 11.0. The van der Waals surface area contributed by atoms with E-state index in [1.54, 1.807) is 17.0 Å². The largest absolute Gasteiger partial charge is 0.507 e. The summed E-state index contributed by atoms with van der Waals surface area (Å²) >= 11 is 3.26. The van der Waals surface area contributed by atoms with Crippen LogP contribution in [0.4, 0.5) is 0 Å². The Morgan fingerprint density at radius 3 is 2.50 bits per heavy atom. The second-order valence-electron chi connectivity index (χ2n) is 5.06. The first-order valence-electron chi connectivity index (χ1n) is 6.65. The topological polar surface area (TPSA) is 59.0 Å². The summed E-state index contributed by atoms with van der Waals surface area (Å²) in [6, 6.07) is 4.91. The minimum atomic E-state index is -0.488. The number of hydrogen-bond donors (Lipinski definition) is 1. The Kier molecular flexibility index (Phi) is 3.70. The highest BCUT2D eigenvalue weighted by Gasteiger charge is 2.41. The molecule has 6 heteroatoms. The number of phenols is 1. The lowest BCUT2D eigenvalue weighted by molar-refractivity contribution is -0.181. The summed E-state index contributed by atoms with van der Waals surface area (Å²) in [5, 5.41) is 9.87. The van der Waals surface area contributed by atoms with Crippen LogP contribution >= 0.6 is 15.9 Å². The molecule has 0 bridgehead atoms. The summed E-state index contributed by atoms with van der Waals surface area (Å²) in [7, 11) is 0. The summed E-state index contributed by atoms with van der Waals surface area (Å²) in [6.07, 6.45) is 1.35. The summed E-state index contributed by atoms with van der Waals surface area (Å²) in [5.74, 6) is -0.640. The van der Waals surface area contributed by atoms with Crippen molar-refractivity contribution >= 4 is 21.8 Å². The molecule has 20 heavy (non-hydrogen) atoms. The van der Waals surface area contributed by atoms with Gasteiger partial charge in [0.25, 0.3) is 5.91 Å². The third kappa shape index (κ3) is 2.55. The van der Waals surface area contributed by atoms with Crippen LogP contribution in [-0.2, 0) is 9.47 Å². The minimum Gasteiger partial charge on any atom is -0.507 e. The van der Waals surface area contributed by atoms with Gasteiger partial charge in [-0.2, -0.15) is 0 Å². The molecule has 0 aliphatic carbocycles. The number of nitrogens with zero attached hydrogens (tertiary/aromatic N) is 1. The number of rotatable bonds is 1. The van der Waals surface area contributed by atoms with Gasteiger partial charge in [0.05, 0.1) is 18.8 Å². The van der Waals surface area contributed by atoms with Gasteiger partial charge in [-0.05, 0) is 18.2 Å². The first kappa shape index (κ1) is 13.9. The molecular formula is C14H16BrNO4. The van der Waals surface area contributed by atoms with Crippen molar-refractivity contribution in [1.29, 1.82) is 0 Å². The fraction of sp³-hybridized carbons (Fsp3) is 0.500. The molecule has 2 fully saturated rings. The maximum atomic E-state index is 12.4. The van der Waals surface area contributed by atoms with Crippen molar-refractivity contribution in [1.82, 2.24) is 4.90 Å². The van der Waals surface area contributed by atoms with Crippen LogP contribution < -0.4 is 0 Å². The van der Waals surface area contributed by atoms with Gasteiger partial charge in [-0.25, -0.2) is 0 Å². The highest BCUT2D eigenvalue weighted by atomic mass is 79.9. The number of hydrogen-bond acceptors (Lipinski definition) is 4. The number of ether oxygens (including phenoxy) is 2. The number of likely N-dealkylation sites (tertiary alicyclic amines) is 1. The van der Waals surface area contributed by atoms with Crippen LogP contribution in [0, 0.1) is 0 Å². The van der Waals surface area contributed by atoms with Gasteiger partial charge in [-0.3, -0.25) is 4.79 Å². The van der Waals surface area contributed by atoms with E-state index in [-0.39, 0.29) is 11.7 Å². The van der Waals surface area contributed by atoms with E-state index in [1.807, 2.05) is 0 Å². The number of phenolic OH excluding ortho intramolecular Hbond substituents is 1. The Balaban J connectivity index is 1.69. The molecule has 1 amide bonds. The van der Waals surface area contributed by atoms with Gasteiger partial charge in [0, 0.05) is 30.4 Å². The van der Waals surface area contributed by atoms with E-state index in [0.29, 0.717) is 44.7 Å². The molecule has 0 saturated carbocycles. The Morgan fingerprint density at radius 2 is 1.90 bits per heavy atom. The van der Waals surface area contributed by atoms with E-state index in [2.05, 4.69) is 15.9 Å². The van der Waals surface area contributed by atoms with Gasteiger partial charge < -0.3 is 19.5 Å². The normalized spacial score (nSPS) is 21.4. The van der Waals surface area contributed by atoms with E-state index >= 15 is 0 Å². The molecule has 108 valence electrons. The van der Waals surface area contributed by atoms with Crippen LogP contribution in [0.3, 0.4) is 0 Å². The highest BCUT2D eigenvalue weighted by molar-refractivity contribution is 9.10. The fourth-order valence-corrected chi connectivity index (χ4v) is 3.04. The lowest BCUT2D eigenvalue weighted by atomic mass is 10.0. The maximum Gasteiger partial charge on any atom is 0.257 e. The van der Waals surface area contributed by atoms with Crippen molar-refractivity contribution in [2.45, 2.75) is 18.6 Å². The van der Waals surface area contributed by atoms with Crippen molar-refractivity contribution in [3.8, 4) is 5.75 Å². The van der Waals surface area contributed by atoms with Gasteiger partial charge in [0.15, 0.2) is 5.79 Å². The van der Waals surface area contributed by atoms with E-state index in [4.69, 9.17) is 9.47 Å². The van der Waals surface area contributed by atoms with Gasteiger partial charge >= 0.3 is 0 Å². The van der Waals surface area contributed by atoms with Crippen molar-refractivity contribution in [2.24, 2.45) is 0 Å². The van der Waals surface area contributed by atoms with Gasteiger partial charge in [0.1, 0.15) is 5.75 Å². The highest BCUT2D eigenvalue weighted by Crippen LogP contribution is 2.32. The predicted molar refractivity (Wildman–Crippen MR) is 75.6 cm³/mol. The van der Waals surface area contributed by atoms with E-state index in [1.165, 1.54) is 6.07 Å². The first-order chi connectivity index (χ1) is 9.60. The Labute approximate surface area is 125 Å². The van der Waals surface area contributed by atoms with E-state index in [0.717, 1.165) is 4.47 Å². The van der Waals surface area contributed by atoms with Crippen molar-refractivity contribution < 1.29 is 19.4 Å². The molecule has 1 aromatic carbocycles. The second-order valence-corrected chi connectivity index (χ2v) is 5.98. The summed E-state index contributed by atoms with van der Waals surface area (Å²) in [4.78, 5) is 14.1. The number of carbonyl (C=O) groups is 1. The van der Waals surface area contributed by atoms with Crippen LogP contribution in [0.25, 0.3) is 0 Å². The van der Waals surface area contributed by atoms with Gasteiger partial charge in [-0.15, -0.1) is 0 Å². The third-order valence-electron chi connectivity index (χ3n) is 3.82. The quantitative estimate of drug-likeness (QED) is 0.850. The summed E-state index contributed by atoms with van der Waals surface area (Å²) < 4.78 is 12.0. The number of carbonyl (C=O) groups excluding carboxylic acids is 1. The number of amides is 1. The molecule has 1 spiro atoms. The monoisotopic (exact) mass is 341 g/mol. The number of benzene rings is 1. The zero-order chi connectivity index (χ0) is 14.2. The first-order valence-corrected chi connectivity index (χ1v) is 7.45. The molecule has 2 aliphatic heterocycles. The second kappa shape index (κ2) is 5.35. The van der Waals surface area contributed by atoms with Crippen molar-refractivity contribution in [3.63, 3.8) is 0 Å². The molecule has 0 radical (unpaired) electrons. The molecule has 3 rings (SSSR count). The molecule has 1 N–H and O–H groups in total. The molecule has 0 unspecified atom stereocenters. The molecule has 1 aromatic rings. The Morgan fingerprint density at radius 1 is 1.25 bits per heavy atom. The minimum absolute atomic E-state index is 0.00183. The van der Waals surface area contributed by atoms with E-state index in [9.17, 15) is 9.90 Å². The molecular weight excluding hydrogens is 326 g/mol. The van der Waals surface area contributed by atoms with Gasteiger partial charge in [0.2, 0.25) is 0 Å². The van der Waals surface area contributed by atoms with Crippen LogP contribution in [0.5, 0.6) is 5.75 Å². The standard InChI is InChI=1S/C14H16BrNO4/c15-10-1-2-11(12(17)9-10)13(18)16-5-3-14(4-6-16)19-7-8-20-14/h1-2,9,17H,3-8H2. The Bertz CT molecular complexity index is 518. The molecule has 0 atom stereocenters. The van der Waals surface area contributed by atoms with Crippen molar-refractivity contribution in [2.75, 3.05) is 26.3 Å². The van der Waals surface area contributed by atoms with Crippen molar-refractivity contribution in [3.05, 3.63) is 28.2 Å². The van der Waals surface area contributed by atoms with Crippen LogP contribution in [0.15, 0.2) is 22.7 Å². The molecule has 5 nitrogen and oxygen atoms in total. The van der Waals surface area contributed by atoms with Crippen LogP contribution in [0.2, 0.25) is 0 Å².